The third kappa shape index (κ3) is 22.9. The van der Waals surface area contributed by atoms with Crippen LogP contribution in [0.4, 0.5) is 15.3 Å². The number of benzene rings is 1. The molecule has 3 saturated carbocycles. The predicted molar refractivity (Wildman–Crippen MR) is 417 cm³/mol. The van der Waals surface area contributed by atoms with Crippen LogP contribution in [0.25, 0.3) is 0 Å². The van der Waals surface area contributed by atoms with Gasteiger partial charge in [-0.05, 0) is 125 Å². The SMILES string of the molecule is CCCC1O[C@@H]2C[C@H]3[C@@H]4CCC5=CC(=O)C=C[C@]5(C)[C@H]4[C@@H](O)C[C@]3(C)[C@]2(C(=O)COC(=O)OCc2ccc(NC(=O)[C@H](CCCNC(N)=O)CC(=O)[C@@H](NC(=O)[C@@H](CCCCNC(=O)COC3CCCCCc4c3nnn4[C@@H]3O[C@H](CO)[C@H](O)[C@H](O)[C@H]3O)CC(=O)CCOCCOCCOCCOCCN3C(=O)C=CC3=O)C(C)C)cc2)O1. The van der Waals surface area contributed by atoms with Crippen molar-refractivity contribution in [2.45, 2.75) is 230 Å². The summed E-state index contributed by atoms with van der Waals surface area (Å²) in [6, 6.07) is 4.42. The molecule has 4 heterocycles. The van der Waals surface area contributed by atoms with Crippen LogP contribution in [0.1, 0.15) is 179 Å². The van der Waals surface area contributed by atoms with Crippen molar-refractivity contribution in [2.24, 2.45) is 52.1 Å². The highest BCUT2D eigenvalue weighted by molar-refractivity contribution is 6.13. The predicted octanol–water partition coefficient (Wildman–Crippen LogP) is 3.86. The Kier molecular flexibility index (Phi) is 33.9. The Balaban J connectivity index is 0.710. The van der Waals surface area contributed by atoms with Crippen molar-refractivity contribution in [3.8, 4) is 0 Å². The summed E-state index contributed by atoms with van der Waals surface area (Å²) in [5, 5.41) is 73.5. The number of anilines is 1. The Labute approximate surface area is 686 Å². The summed E-state index contributed by atoms with van der Waals surface area (Å²) in [6.45, 7) is 9.46. The number of ether oxygens (including phenoxy) is 10. The Hall–Kier alpha value is -8.17. The number of Topliss-reactive ketones (excluding diaryl/α,β-unsaturated/α-hetero) is 3. The summed E-state index contributed by atoms with van der Waals surface area (Å²) < 4.78 is 59.8. The van der Waals surface area contributed by atoms with Crippen LogP contribution in [0.2, 0.25) is 0 Å². The third-order valence-electron chi connectivity index (χ3n) is 24.5. The van der Waals surface area contributed by atoms with Crippen molar-refractivity contribution in [2.75, 3.05) is 97.6 Å². The van der Waals surface area contributed by atoms with Gasteiger partial charge in [0, 0.05) is 78.8 Å². The van der Waals surface area contributed by atoms with E-state index in [9.17, 15) is 78.3 Å². The van der Waals surface area contributed by atoms with Crippen LogP contribution in [0, 0.1) is 46.3 Å². The summed E-state index contributed by atoms with van der Waals surface area (Å²) >= 11 is 0. The van der Waals surface area contributed by atoms with Gasteiger partial charge >= 0.3 is 12.2 Å². The molecule has 3 aliphatic heterocycles. The van der Waals surface area contributed by atoms with Crippen LogP contribution in [0.15, 0.2) is 60.2 Å². The minimum absolute atomic E-state index is 0.0161. The highest BCUT2D eigenvalue weighted by Gasteiger charge is 2.76. The standard InChI is InChI=1S/C83H119N9O26/c1-6-13-69-117-65-43-58-57-23-20-53-42-55(94)26-28-81(53,4)70(57)61(97)44-82(58,5)83(65,118-69)64(98)47-115-80(108)114-46-50-18-21-54(22-19-50)87-76(105)52(15-12-30-86-79(84)107)41-60(96)71(49(2)3)88-77(106)51(40-56(95)27-32-109-34-36-111-38-39-112-37-35-110-33-31-91-67(100)24-25-68(91)101)14-10-11-29-85-66(99)48-113-62-17-9-7-8-16-59-72(62)89-90-92(59)78-75(104)74(103)73(102)63(45-93)116-78/h18-19,21-22,24-26,28,42,49,51-52,57-58,61-63,65,69-71,73-75,78,93,97,102-104H,6-17,20,23,27,29-41,43-48H2,1-5H3,(H,85,99)(H,87,105)(H,88,106)(H3,84,86,107)/t51-,52+,57-,58-,61-,62?,63+,65+,69?,70+,71-,73-,74-,75+,78+,81-,82-,83+/m0/s1. The molecule has 10 rings (SSSR count). The molecule has 2 unspecified atom stereocenters. The van der Waals surface area contributed by atoms with E-state index in [0.29, 0.717) is 74.0 Å². The number of nitrogens with one attached hydrogen (secondary N) is 4. The molecule has 35 nitrogen and oxygen atoms in total. The number of hydrogen-bond acceptors (Lipinski definition) is 28. The van der Waals surface area contributed by atoms with Gasteiger partial charge in [0.25, 0.3) is 11.8 Å². The first-order valence-corrected chi connectivity index (χ1v) is 41.6. The first kappa shape index (κ1) is 92.1. The molecule has 2 aromatic rings. The lowest BCUT2D eigenvalue weighted by Crippen LogP contribution is -2.63. The topological polar surface area (TPSA) is 489 Å². The molecule has 35 heteroatoms. The molecule has 18 atom stereocenters. The minimum Gasteiger partial charge on any atom is -0.429 e. The van der Waals surface area contributed by atoms with Crippen LogP contribution < -0.4 is 27.0 Å². The molecule has 2 saturated heterocycles. The fraction of sp³-hybridized carbons (Fsp3) is 0.699. The van der Waals surface area contributed by atoms with E-state index in [0.717, 1.165) is 36.2 Å². The number of carbonyl (C=O) groups excluding carboxylic acids is 11. The number of rotatable bonds is 46. The number of nitrogens with two attached hydrogens (primary N) is 1. The number of carbonyl (C=O) groups is 11. The van der Waals surface area contributed by atoms with Gasteiger partial charge in [0.1, 0.15) is 55.2 Å². The molecule has 118 heavy (non-hydrogen) atoms. The van der Waals surface area contributed by atoms with E-state index in [1.807, 2.05) is 19.9 Å². The Morgan fingerprint density at radius 1 is 0.746 bits per heavy atom. The molecule has 0 bridgehead atoms. The highest BCUT2D eigenvalue weighted by Crippen LogP contribution is 2.70. The maximum absolute atomic E-state index is 14.8. The fourth-order valence-electron chi connectivity index (χ4n) is 18.3. The molecule has 0 radical (unpaired) electrons. The Morgan fingerprint density at radius 3 is 2.13 bits per heavy atom. The zero-order valence-corrected chi connectivity index (χ0v) is 68.2. The van der Waals surface area contributed by atoms with E-state index >= 15 is 0 Å². The van der Waals surface area contributed by atoms with Crippen molar-refractivity contribution < 1.29 is 126 Å². The number of imide groups is 1. The smallest absolute Gasteiger partial charge is 0.429 e. The molecule has 11 N–H and O–H groups in total. The average molecular weight is 1660 g/mol. The molecule has 8 aliphatic rings. The fourth-order valence-corrected chi connectivity index (χ4v) is 18.3. The van der Waals surface area contributed by atoms with Crippen LogP contribution >= 0.6 is 0 Å². The van der Waals surface area contributed by atoms with Gasteiger partial charge in [-0.3, -0.25) is 48.1 Å². The largest absolute Gasteiger partial charge is 0.509 e. The monoisotopic (exact) mass is 1660 g/mol. The summed E-state index contributed by atoms with van der Waals surface area (Å²) in [5.41, 5.74) is 5.18. The Morgan fingerprint density at radius 2 is 1.43 bits per heavy atom. The third-order valence-corrected chi connectivity index (χ3v) is 24.5. The maximum atomic E-state index is 14.8. The number of unbranched alkanes of at least 4 members (excludes halogenated alkanes) is 1. The van der Waals surface area contributed by atoms with Gasteiger partial charge in [0.15, 0.2) is 36.3 Å². The summed E-state index contributed by atoms with van der Waals surface area (Å²) in [4.78, 5) is 147. The minimum atomic E-state index is -1.64. The van der Waals surface area contributed by atoms with Crippen LogP contribution in [0.5, 0.6) is 0 Å². The number of aromatic nitrogens is 3. The number of ketones is 4. The van der Waals surface area contributed by atoms with Gasteiger partial charge in [-0.15, -0.1) is 5.10 Å². The normalized spacial score (nSPS) is 28.4. The van der Waals surface area contributed by atoms with E-state index in [-0.39, 0.29) is 172 Å². The van der Waals surface area contributed by atoms with Gasteiger partial charge < -0.3 is 99.9 Å². The first-order valence-electron chi connectivity index (χ1n) is 41.6. The molecule has 652 valence electrons. The van der Waals surface area contributed by atoms with E-state index in [2.05, 4.69) is 38.5 Å². The number of aliphatic hydroxyl groups is 5. The lowest BCUT2D eigenvalue weighted by molar-refractivity contribution is -0.254. The van der Waals surface area contributed by atoms with Crippen LogP contribution in [-0.2, 0) is 104 Å². The lowest BCUT2D eigenvalue weighted by atomic mass is 9.46. The summed E-state index contributed by atoms with van der Waals surface area (Å²) in [6.07, 6.45) is 3.55. The molecule has 1 aromatic heterocycles. The van der Waals surface area contributed by atoms with Crippen molar-refractivity contribution in [1.29, 1.82) is 0 Å². The van der Waals surface area contributed by atoms with Gasteiger partial charge in [-0.25, -0.2) is 14.3 Å². The number of urea groups is 1. The van der Waals surface area contributed by atoms with Crippen molar-refractivity contribution in [1.82, 2.24) is 35.8 Å². The molecule has 1 aromatic carbocycles. The van der Waals surface area contributed by atoms with Crippen molar-refractivity contribution in [3.05, 3.63) is 77.2 Å². The number of nitrogens with zero attached hydrogens (tertiary/aromatic N) is 4. The second-order valence-corrected chi connectivity index (χ2v) is 32.7. The number of primary amides is 1. The van der Waals surface area contributed by atoms with E-state index in [1.165, 1.54) is 16.8 Å². The van der Waals surface area contributed by atoms with E-state index in [1.54, 1.807) is 50.3 Å². The van der Waals surface area contributed by atoms with E-state index in [4.69, 9.17) is 53.1 Å². The van der Waals surface area contributed by atoms with Gasteiger partial charge in [0.2, 0.25) is 23.5 Å². The number of fused-ring (bicyclic) bond motifs is 8. The highest BCUT2D eigenvalue weighted by atomic mass is 16.8. The van der Waals surface area contributed by atoms with Gasteiger partial charge in [0.05, 0.1) is 90.0 Å². The molecule has 5 fully saturated rings. The molecular formula is C83H119N9O26. The zero-order chi connectivity index (χ0) is 84.8. The molecule has 7 amide bonds. The summed E-state index contributed by atoms with van der Waals surface area (Å²) in [7, 11) is 0. The number of allylic oxidation sites excluding steroid dienone is 4. The lowest BCUT2D eigenvalue weighted by Gasteiger charge is -2.59. The van der Waals surface area contributed by atoms with E-state index < -0.39 is 150 Å². The molecular weight excluding hydrogens is 1540 g/mol. The maximum Gasteiger partial charge on any atom is 0.509 e. The number of amides is 7. The van der Waals surface area contributed by atoms with Crippen molar-refractivity contribution in [3.63, 3.8) is 0 Å². The Bertz CT molecular complexity index is 3890. The molecule has 0 spiro atoms. The molecule has 5 aliphatic carbocycles. The number of aliphatic hydroxyl groups excluding tert-OH is 5. The van der Waals surface area contributed by atoms with Crippen LogP contribution in [-0.4, -0.2) is 257 Å². The second-order valence-electron chi connectivity index (χ2n) is 32.7. The summed E-state index contributed by atoms with van der Waals surface area (Å²) in [5.74, 6) is -6.44. The zero-order valence-electron chi connectivity index (χ0n) is 68.2. The van der Waals surface area contributed by atoms with Gasteiger partial charge in [-0.1, -0.05) is 89.3 Å². The quantitative estimate of drug-likeness (QED) is 0.0255. The van der Waals surface area contributed by atoms with Crippen molar-refractivity contribution >= 4 is 70.5 Å². The van der Waals surface area contributed by atoms with Crippen LogP contribution in [0.3, 0.4) is 0 Å². The average Bonchev–Trinajstić information content (AvgIpc) is 1.50. The van der Waals surface area contributed by atoms with Gasteiger partial charge in [-0.2, -0.15) is 0 Å². The number of hydrogen-bond donors (Lipinski definition) is 10. The first-order chi connectivity index (χ1) is 56.6. The second kappa shape index (κ2) is 43.4.